The van der Waals surface area contributed by atoms with Crippen molar-refractivity contribution in [3.63, 3.8) is 0 Å². The van der Waals surface area contributed by atoms with Crippen molar-refractivity contribution in [1.29, 1.82) is 0 Å². The van der Waals surface area contributed by atoms with Gasteiger partial charge in [0, 0.05) is 10.9 Å². The third-order valence-electron chi connectivity index (χ3n) is 4.54. The summed E-state index contributed by atoms with van der Waals surface area (Å²) >= 11 is 0. The van der Waals surface area contributed by atoms with Crippen molar-refractivity contribution in [2.45, 2.75) is 40.3 Å². The van der Waals surface area contributed by atoms with E-state index >= 15 is 0 Å². The number of hydrogen-bond acceptors (Lipinski definition) is 4. The van der Waals surface area contributed by atoms with E-state index in [-0.39, 0.29) is 12.2 Å². The average molecular weight is 350 g/mol. The first-order valence-corrected chi connectivity index (χ1v) is 8.92. The molecule has 0 amide bonds. The molecule has 0 unspecified atom stereocenters. The van der Waals surface area contributed by atoms with Crippen LogP contribution in [0.2, 0.25) is 0 Å². The van der Waals surface area contributed by atoms with Gasteiger partial charge in [0.25, 0.3) is 12.0 Å². The van der Waals surface area contributed by atoms with Gasteiger partial charge in [-0.25, -0.2) is 4.98 Å². The van der Waals surface area contributed by atoms with E-state index in [9.17, 15) is 9.59 Å². The SMILES string of the molecule is CC.CCc1cc2n(c(=O)c1COC=O)Cc1cc3ccccc3nc1-2. The van der Waals surface area contributed by atoms with Crippen LogP contribution in [0, 0.1) is 0 Å². The molecule has 0 spiro atoms. The standard InChI is InChI=1S/C19H16N2O3.C2H6/c1-2-12-8-17-18-14(7-13-5-3-4-6-16(13)20-18)9-21(17)19(23)15(12)10-24-11-22;1-2/h3-8,11H,2,9-10H2,1H3;1-2H3. The fourth-order valence-electron chi connectivity index (χ4n) is 3.35. The van der Waals surface area contributed by atoms with Gasteiger partial charge >= 0.3 is 0 Å². The molecule has 1 aliphatic heterocycles. The molecule has 5 heteroatoms. The second kappa shape index (κ2) is 7.52. The molecule has 134 valence electrons. The number of fused-ring (bicyclic) bond motifs is 4. The van der Waals surface area contributed by atoms with Crippen LogP contribution < -0.4 is 5.56 Å². The number of pyridine rings is 2. The van der Waals surface area contributed by atoms with Crippen LogP contribution in [0.4, 0.5) is 0 Å². The van der Waals surface area contributed by atoms with Gasteiger partial charge in [-0.3, -0.25) is 9.59 Å². The highest BCUT2D eigenvalue weighted by Crippen LogP contribution is 2.32. The average Bonchev–Trinajstić information content (AvgIpc) is 3.04. The summed E-state index contributed by atoms with van der Waals surface area (Å²) in [4.78, 5) is 28.1. The first-order valence-electron chi connectivity index (χ1n) is 8.92. The van der Waals surface area contributed by atoms with Crippen LogP contribution >= 0.6 is 0 Å². The maximum atomic E-state index is 12.8. The van der Waals surface area contributed by atoms with E-state index in [1.807, 2.05) is 51.1 Å². The van der Waals surface area contributed by atoms with Crippen LogP contribution in [0.25, 0.3) is 22.3 Å². The number of nitrogens with zero attached hydrogens (tertiary/aromatic N) is 2. The van der Waals surface area contributed by atoms with Gasteiger partial charge in [-0.05, 0) is 30.2 Å². The quantitative estimate of drug-likeness (QED) is 0.527. The molecule has 0 saturated carbocycles. The minimum Gasteiger partial charge on any atom is -0.463 e. The number of aryl methyl sites for hydroxylation is 1. The number of rotatable bonds is 4. The Morgan fingerprint density at radius 3 is 2.73 bits per heavy atom. The maximum absolute atomic E-state index is 12.8. The molecule has 0 fully saturated rings. The molecule has 3 heterocycles. The van der Waals surface area contributed by atoms with Gasteiger partial charge in [-0.1, -0.05) is 39.0 Å². The summed E-state index contributed by atoms with van der Waals surface area (Å²) in [6.07, 6.45) is 0.698. The maximum Gasteiger partial charge on any atom is 0.293 e. The predicted molar refractivity (Wildman–Crippen MR) is 102 cm³/mol. The van der Waals surface area contributed by atoms with Gasteiger partial charge < -0.3 is 9.30 Å². The Labute approximate surface area is 152 Å². The Morgan fingerprint density at radius 1 is 1.23 bits per heavy atom. The Morgan fingerprint density at radius 2 is 2.00 bits per heavy atom. The van der Waals surface area contributed by atoms with E-state index < -0.39 is 0 Å². The first kappa shape index (κ1) is 17.9. The predicted octanol–water partition coefficient (Wildman–Crippen LogP) is 3.69. The zero-order valence-corrected chi connectivity index (χ0v) is 15.3. The van der Waals surface area contributed by atoms with Crippen molar-refractivity contribution in [2.24, 2.45) is 0 Å². The van der Waals surface area contributed by atoms with Gasteiger partial charge in [-0.2, -0.15) is 0 Å². The fourth-order valence-corrected chi connectivity index (χ4v) is 3.35. The third kappa shape index (κ3) is 2.90. The van der Waals surface area contributed by atoms with Crippen LogP contribution in [-0.4, -0.2) is 16.0 Å². The van der Waals surface area contributed by atoms with Crippen LogP contribution in [0.15, 0.2) is 41.2 Å². The van der Waals surface area contributed by atoms with Crippen LogP contribution in [-0.2, 0) is 29.1 Å². The molecule has 0 aliphatic carbocycles. The molecule has 1 aromatic carbocycles. The zero-order valence-electron chi connectivity index (χ0n) is 15.3. The second-order valence-corrected chi connectivity index (χ2v) is 5.87. The van der Waals surface area contributed by atoms with Crippen LogP contribution in [0.1, 0.15) is 37.5 Å². The van der Waals surface area contributed by atoms with Crippen LogP contribution in [0.5, 0.6) is 0 Å². The number of aromatic nitrogens is 2. The molecular formula is C21H22N2O3. The smallest absolute Gasteiger partial charge is 0.293 e. The van der Waals surface area contributed by atoms with Gasteiger partial charge in [0.1, 0.15) is 6.61 Å². The molecule has 3 aromatic rings. The molecule has 0 N–H and O–H groups in total. The Balaban J connectivity index is 0.000000948. The number of para-hydroxylation sites is 1. The van der Waals surface area contributed by atoms with E-state index in [0.717, 1.165) is 33.4 Å². The zero-order chi connectivity index (χ0) is 18.7. The fraction of sp³-hybridized carbons (Fsp3) is 0.286. The first-order chi connectivity index (χ1) is 12.7. The molecule has 0 radical (unpaired) electrons. The summed E-state index contributed by atoms with van der Waals surface area (Å²) in [5.41, 5.74) is 5.01. The number of benzene rings is 1. The minimum atomic E-state index is -0.103. The number of ether oxygens (including phenoxy) is 1. The van der Waals surface area contributed by atoms with E-state index in [1.54, 1.807) is 4.57 Å². The topological polar surface area (TPSA) is 61.2 Å². The molecule has 5 nitrogen and oxygen atoms in total. The molecule has 2 aromatic heterocycles. The lowest BCUT2D eigenvalue weighted by atomic mass is 10.0. The molecule has 0 bridgehead atoms. The lowest BCUT2D eigenvalue weighted by Crippen LogP contribution is -2.25. The van der Waals surface area contributed by atoms with Crippen molar-refractivity contribution in [2.75, 3.05) is 0 Å². The summed E-state index contributed by atoms with van der Waals surface area (Å²) in [5.74, 6) is 0. The molecule has 26 heavy (non-hydrogen) atoms. The molecule has 0 saturated heterocycles. The largest absolute Gasteiger partial charge is 0.463 e. The van der Waals surface area contributed by atoms with Gasteiger partial charge in [0.05, 0.1) is 29.0 Å². The summed E-state index contributed by atoms with van der Waals surface area (Å²) < 4.78 is 6.55. The highest BCUT2D eigenvalue weighted by atomic mass is 16.5. The monoisotopic (exact) mass is 350 g/mol. The van der Waals surface area contributed by atoms with Gasteiger partial charge in [-0.15, -0.1) is 0 Å². The Kier molecular flexibility index (Phi) is 5.16. The Hall–Kier alpha value is -2.95. The lowest BCUT2D eigenvalue weighted by Gasteiger charge is -2.11. The van der Waals surface area contributed by atoms with Crippen molar-refractivity contribution in [1.82, 2.24) is 9.55 Å². The number of hydrogen-bond donors (Lipinski definition) is 0. The summed E-state index contributed by atoms with van der Waals surface area (Å²) in [5, 5.41) is 1.07. The third-order valence-corrected chi connectivity index (χ3v) is 4.54. The van der Waals surface area contributed by atoms with Crippen LogP contribution in [0.3, 0.4) is 0 Å². The highest BCUT2D eigenvalue weighted by Gasteiger charge is 2.24. The van der Waals surface area contributed by atoms with E-state index in [1.165, 1.54) is 0 Å². The molecule has 1 aliphatic rings. The van der Waals surface area contributed by atoms with Gasteiger partial charge in [0.15, 0.2) is 0 Å². The molecule has 0 atom stereocenters. The van der Waals surface area contributed by atoms with E-state index in [0.29, 0.717) is 25.0 Å². The van der Waals surface area contributed by atoms with E-state index in [2.05, 4.69) is 6.07 Å². The summed E-state index contributed by atoms with van der Waals surface area (Å²) in [6, 6.07) is 12.0. The number of carbonyl (C=O) groups is 1. The summed E-state index contributed by atoms with van der Waals surface area (Å²) in [7, 11) is 0. The normalized spacial score (nSPS) is 11.3. The molecular weight excluding hydrogens is 328 g/mol. The van der Waals surface area contributed by atoms with Crippen molar-refractivity contribution >= 4 is 17.4 Å². The molecule has 4 rings (SSSR count). The van der Waals surface area contributed by atoms with Gasteiger partial charge in [0.2, 0.25) is 0 Å². The Bertz CT molecular complexity index is 1020. The van der Waals surface area contributed by atoms with E-state index in [4.69, 9.17) is 9.72 Å². The number of carbonyl (C=O) groups excluding carboxylic acids is 1. The van der Waals surface area contributed by atoms with Crippen molar-refractivity contribution in [3.8, 4) is 11.4 Å². The minimum absolute atomic E-state index is 0.0114. The second-order valence-electron chi connectivity index (χ2n) is 5.87. The van der Waals surface area contributed by atoms with Crippen molar-refractivity contribution in [3.05, 3.63) is 63.4 Å². The summed E-state index contributed by atoms with van der Waals surface area (Å²) in [6.45, 7) is 6.87. The lowest BCUT2D eigenvalue weighted by molar-refractivity contribution is -0.129. The highest BCUT2D eigenvalue weighted by molar-refractivity contribution is 5.83. The van der Waals surface area contributed by atoms with Crippen molar-refractivity contribution < 1.29 is 9.53 Å².